The number of nitrogens with zero attached hydrogens (tertiary/aromatic N) is 3. The van der Waals surface area contributed by atoms with Gasteiger partial charge in [-0.15, -0.1) is 0 Å². The summed E-state index contributed by atoms with van der Waals surface area (Å²) in [5, 5.41) is 8.97. The molecule has 0 radical (unpaired) electrons. The summed E-state index contributed by atoms with van der Waals surface area (Å²) in [4.78, 5) is 13.3. The monoisotopic (exact) mass is 334 g/mol. The number of rotatable bonds is 7. The third kappa shape index (κ3) is 3.69. The van der Waals surface area contributed by atoms with E-state index in [-0.39, 0.29) is 0 Å². The molecule has 0 saturated heterocycles. The molecule has 3 aromatic rings. The first-order chi connectivity index (χ1) is 12.3. The van der Waals surface area contributed by atoms with Crippen molar-refractivity contribution in [3.63, 3.8) is 0 Å². The Balaban J connectivity index is 1.57. The SMILES string of the molecule is NCCCNc1nc(Nc2ccc3cnccc3c2)ncc1C1CC1. The van der Waals surface area contributed by atoms with E-state index in [1.165, 1.54) is 18.4 Å². The summed E-state index contributed by atoms with van der Waals surface area (Å²) in [6, 6.07) is 8.14. The molecule has 4 rings (SSSR count). The molecule has 25 heavy (non-hydrogen) atoms. The van der Waals surface area contributed by atoms with Crippen LogP contribution in [0.2, 0.25) is 0 Å². The Morgan fingerprint density at radius 3 is 2.88 bits per heavy atom. The van der Waals surface area contributed by atoms with Crippen LogP contribution >= 0.6 is 0 Å². The minimum absolute atomic E-state index is 0.600. The second-order valence-corrected chi connectivity index (χ2v) is 6.40. The average Bonchev–Trinajstić information content (AvgIpc) is 3.47. The summed E-state index contributed by atoms with van der Waals surface area (Å²) in [5.41, 5.74) is 7.77. The average molecular weight is 334 g/mol. The van der Waals surface area contributed by atoms with Gasteiger partial charge in [0.05, 0.1) is 0 Å². The molecule has 0 aliphatic heterocycles. The Morgan fingerprint density at radius 1 is 1.12 bits per heavy atom. The van der Waals surface area contributed by atoms with Crippen LogP contribution in [0.4, 0.5) is 17.5 Å². The lowest BCUT2D eigenvalue weighted by Gasteiger charge is -2.12. The van der Waals surface area contributed by atoms with Gasteiger partial charge >= 0.3 is 0 Å². The Kier molecular flexibility index (Phi) is 4.43. The minimum Gasteiger partial charge on any atom is -0.370 e. The molecule has 1 aromatic carbocycles. The largest absolute Gasteiger partial charge is 0.370 e. The number of pyridine rings is 1. The van der Waals surface area contributed by atoms with E-state index in [0.29, 0.717) is 18.4 Å². The number of aromatic nitrogens is 3. The van der Waals surface area contributed by atoms with Gasteiger partial charge in [0.2, 0.25) is 5.95 Å². The minimum atomic E-state index is 0.600. The maximum Gasteiger partial charge on any atom is 0.229 e. The van der Waals surface area contributed by atoms with Crippen LogP contribution in [0, 0.1) is 0 Å². The van der Waals surface area contributed by atoms with E-state index in [4.69, 9.17) is 10.7 Å². The first-order valence-corrected chi connectivity index (χ1v) is 8.75. The van der Waals surface area contributed by atoms with E-state index in [0.717, 1.165) is 35.2 Å². The van der Waals surface area contributed by atoms with Crippen LogP contribution in [0.5, 0.6) is 0 Å². The van der Waals surface area contributed by atoms with Crippen LogP contribution < -0.4 is 16.4 Å². The molecule has 6 nitrogen and oxygen atoms in total. The second kappa shape index (κ2) is 7.03. The van der Waals surface area contributed by atoms with Gasteiger partial charge in [-0.3, -0.25) is 4.98 Å². The van der Waals surface area contributed by atoms with Crippen LogP contribution in [0.1, 0.15) is 30.7 Å². The smallest absolute Gasteiger partial charge is 0.229 e. The van der Waals surface area contributed by atoms with Crippen LogP contribution in [0.3, 0.4) is 0 Å². The molecule has 0 amide bonds. The van der Waals surface area contributed by atoms with Gasteiger partial charge in [-0.05, 0) is 55.3 Å². The van der Waals surface area contributed by atoms with Crippen LogP contribution in [-0.2, 0) is 0 Å². The molecule has 0 unspecified atom stereocenters. The van der Waals surface area contributed by atoms with E-state index in [1.54, 1.807) is 6.20 Å². The maximum atomic E-state index is 5.59. The van der Waals surface area contributed by atoms with E-state index < -0.39 is 0 Å². The van der Waals surface area contributed by atoms with Crippen molar-refractivity contribution in [2.45, 2.75) is 25.2 Å². The number of hydrogen-bond donors (Lipinski definition) is 3. The highest BCUT2D eigenvalue weighted by Crippen LogP contribution is 2.42. The zero-order valence-corrected chi connectivity index (χ0v) is 14.1. The fraction of sp³-hybridized carbons (Fsp3) is 0.316. The predicted octanol–water partition coefficient (Wildman–Crippen LogP) is 3.41. The number of nitrogens with two attached hydrogens (primary N) is 1. The lowest BCUT2D eigenvalue weighted by molar-refractivity contribution is 0.865. The van der Waals surface area contributed by atoms with E-state index in [9.17, 15) is 0 Å². The highest BCUT2D eigenvalue weighted by Gasteiger charge is 2.27. The molecule has 1 saturated carbocycles. The second-order valence-electron chi connectivity index (χ2n) is 6.40. The van der Waals surface area contributed by atoms with Gasteiger partial charge in [0.25, 0.3) is 0 Å². The summed E-state index contributed by atoms with van der Waals surface area (Å²) in [5.74, 6) is 2.13. The van der Waals surface area contributed by atoms with Crippen molar-refractivity contribution in [1.29, 1.82) is 0 Å². The third-order valence-corrected chi connectivity index (χ3v) is 4.40. The summed E-state index contributed by atoms with van der Waals surface area (Å²) in [6.45, 7) is 1.50. The Hall–Kier alpha value is -2.73. The van der Waals surface area contributed by atoms with Crippen molar-refractivity contribution >= 4 is 28.2 Å². The first-order valence-electron chi connectivity index (χ1n) is 8.75. The van der Waals surface area contributed by atoms with E-state index >= 15 is 0 Å². The quantitative estimate of drug-likeness (QED) is 0.574. The topological polar surface area (TPSA) is 88.8 Å². The molecule has 0 bridgehead atoms. The lowest BCUT2D eigenvalue weighted by atomic mass is 10.1. The fourth-order valence-electron chi connectivity index (χ4n) is 2.89. The number of anilines is 3. The van der Waals surface area contributed by atoms with E-state index in [2.05, 4.69) is 26.7 Å². The van der Waals surface area contributed by atoms with E-state index in [1.807, 2.05) is 30.6 Å². The number of hydrogen-bond acceptors (Lipinski definition) is 6. The molecule has 0 atom stereocenters. The molecule has 1 aliphatic rings. The zero-order valence-electron chi connectivity index (χ0n) is 14.1. The van der Waals surface area contributed by atoms with Crippen LogP contribution in [0.25, 0.3) is 10.8 Å². The van der Waals surface area contributed by atoms with Crippen molar-refractivity contribution in [1.82, 2.24) is 15.0 Å². The molecule has 1 aliphatic carbocycles. The first kappa shape index (κ1) is 15.8. The van der Waals surface area contributed by atoms with Gasteiger partial charge in [0, 0.05) is 41.8 Å². The molecule has 0 spiro atoms. The van der Waals surface area contributed by atoms with Gasteiger partial charge in [-0.2, -0.15) is 4.98 Å². The van der Waals surface area contributed by atoms with Crippen LogP contribution in [0.15, 0.2) is 42.9 Å². The highest BCUT2D eigenvalue weighted by molar-refractivity contribution is 5.85. The van der Waals surface area contributed by atoms with Gasteiger partial charge in [-0.1, -0.05) is 6.07 Å². The summed E-state index contributed by atoms with van der Waals surface area (Å²) in [7, 11) is 0. The Bertz CT molecular complexity index is 875. The summed E-state index contributed by atoms with van der Waals surface area (Å²) >= 11 is 0. The standard InChI is InChI=1S/C19H22N6/c20-7-1-8-22-18-17(13-2-3-13)12-23-19(25-18)24-16-5-4-15-11-21-9-6-14(15)10-16/h4-6,9-13H,1-3,7-8,20H2,(H2,22,23,24,25). The van der Waals surface area contributed by atoms with Gasteiger partial charge in [0.1, 0.15) is 5.82 Å². The van der Waals surface area contributed by atoms with Crippen molar-refractivity contribution < 1.29 is 0 Å². The molecule has 6 heteroatoms. The Morgan fingerprint density at radius 2 is 2.04 bits per heavy atom. The molecule has 1 fully saturated rings. The number of benzene rings is 1. The number of nitrogens with one attached hydrogen (secondary N) is 2. The van der Waals surface area contributed by atoms with Gasteiger partial charge in [0.15, 0.2) is 0 Å². The summed E-state index contributed by atoms with van der Waals surface area (Å²) in [6.07, 6.45) is 8.98. The van der Waals surface area contributed by atoms with Crippen molar-refractivity contribution in [2.24, 2.45) is 5.73 Å². The molecule has 4 N–H and O–H groups in total. The molecule has 2 aromatic heterocycles. The molecule has 2 heterocycles. The zero-order chi connectivity index (χ0) is 17.1. The fourth-order valence-corrected chi connectivity index (χ4v) is 2.89. The third-order valence-electron chi connectivity index (χ3n) is 4.40. The van der Waals surface area contributed by atoms with Crippen molar-refractivity contribution in [2.75, 3.05) is 23.7 Å². The summed E-state index contributed by atoms with van der Waals surface area (Å²) < 4.78 is 0. The number of fused-ring (bicyclic) bond motifs is 1. The normalized spacial score (nSPS) is 13.8. The predicted molar refractivity (Wildman–Crippen MR) is 101 cm³/mol. The molecule has 128 valence electrons. The molecular formula is C19H22N6. The van der Waals surface area contributed by atoms with Crippen molar-refractivity contribution in [3.05, 3.63) is 48.4 Å². The van der Waals surface area contributed by atoms with Crippen LogP contribution in [-0.4, -0.2) is 28.0 Å². The lowest BCUT2D eigenvalue weighted by Crippen LogP contribution is -2.12. The highest BCUT2D eigenvalue weighted by atomic mass is 15.1. The Labute approximate surface area is 146 Å². The maximum absolute atomic E-state index is 5.59. The van der Waals surface area contributed by atoms with Crippen molar-refractivity contribution in [3.8, 4) is 0 Å². The van der Waals surface area contributed by atoms with Gasteiger partial charge < -0.3 is 16.4 Å². The molecular weight excluding hydrogens is 312 g/mol. The van der Waals surface area contributed by atoms with Gasteiger partial charge in [-0.25, -0.2) is 4.98 Å².